The largest absolute Gasteiger partial charge is 0.462 e. The molecule has 2 heteroatoms. The third kappa shape index (κ3) is 23.7. The van der Waals surface area contributed by atoms with Gasteiger partial charge >= 0.3 is 5.97 Å². The summed E-state index contributed by atoms with van der Waals surface area (Å²) < 4.78 is 5.40. The SMILES string of the molecule is C=C(CCCCCCCCCCCC)C(=O)OCCCCCCCCCCCCCC. The second kappa shape index (κ2) is 25.5. The van der Waals surface area contributed by atoms with Crippen molar-refractivity contribution >= 4 is 5.97 Å². The number of ether oxygens (including phenoxy) is 1. The Balaban J connectivity index is 3.30. The fourth-order valence-electron chi connectivity index (χ4n) is 4.14. The Kier molecular flexibility index (Phi) is 24.8. The molecule has 0 atom stereocenters. The van der Waals surface area contributed by atoms with E-state index in [0.717, 1.165) is 19.3 Å². The molecule has 0 saturated heterocycles. The lowest BCUT2D eigenvalue weighted by Gasteiger charge is -2.07. The molecule has 0 bridgehead atoms. The van der Waals surface area contributed by atoms with Crippen molar-refractivity contribution in [3.8, 4) is 0 Å². The number of carbonyl (C=O) groups is 1. The molecule has 184 valence electrons. The van der Waals surface area contributed by atoms with Crippen LogP contribution in [-0.2, 0) is 9.53 Å². The second-order valence-electron chi connectivity index (χ2n) is 9.56. The number of hydrogen-bond acceptors (Lipinski definition) is 2. The highest BCUT2D eigenvalue weighted by molar-refractivity contribution is 5.87. The summed E-state index contributed by atoms with van der Waals surface area (Å²) in [7, 11) is 0. The highest BCUT2D eigenvalue weighted by Gasteiger charge is 2.07. The minimum absolute atomic E-state index is 0.168. The van der Waals surface area contributed by atoms with Crippen LogP contribution in [0, 0.1) is 0 Å². The van der Waals surface area contributed by atoms with Gasteiger partial charge in [-0.1, -0.05) is 149 Å². The van der Waals surface area contributed by atoms with Crippen molar-refractivity contribution in [3.63, 3.8) is 0 Å². The van der Waals surface area contributed by atoms with Crippen molar-refractivity contribution in [1.29, 1.82) is 0 Å². The minimum Gasteiger partial charge on any atom is -0.462 e. The van der Waals surface area contributed by atoms with Gasteiger partial charge in [0.25, 0.3) is 0 Å². The summed E-state index contributed by atoms with van der Waals surface area (Å²) in [6.45, 7) is 9.04. The van der Waals surface area contributed by atoms with E-state index < -0.39 is 0 Å². The second-order valence-corrected chi connectivity index (χ2v) is 9.56. The van der Waals surface area contributed by atoms with E-state index in [9.17, 15) is 4.79 Å². The molecular weight excluding hydrogens is 380 g/mol. The predicted octanol–water partition coefficient (Wildman–Crippen LogP) is 10.1. The summed E-state index contributed by atoms with van der Waals surface area (Å²) in [6.07, 6.45) is 29.9. The molecule has 0 aromatic carbocycles. The van der Waals surface area contributed by atoms with Crippen LogP contribution in [0.3, 0.4) is 0 Å². The van der Waals surface area contributed by atoms with Crippen molar-refractivity contribution < 1.29 is 9.53 Å². The molecule has 0 aliphatic rings. The van der Waals surface area contributed by atoms with Gasteiger partial charge in [-0.2, -0.15) is 0 Å². The molecule has 0 spiro atoms. The molecule has 0 radical (unpaired) electrons. The van der Waals surface area contributed by atoms with Crippen LogP contribution in [0.15, 0.2) is 12.2 Å². The first-order valence-electron chi connectivity index (χ1n) is 14.1. The number of unbranched alkanes of at least 4 members (excludes halogenated alkanes) is 20. The van der Waals surface area contributed by atoms with Gasteiger partial charge in [-0.25, -0.2) is 4.79 Å². The molecule has 2 nitrogen and oxygen atoms in total. The molecule has 0 unspecified atom stereocenters. The standard InChI is InChI=1S/C29H56O2/c1-4-6-8-10-12-14-16-17-19-21-23-25-27-31-29(30)28(3)26-24-22-20-18-15-13-11-9-7-5-2/h3-27H2,1-2H3. The van der Waals surface area contributed by atoms with E-state index in [1.165, 1.54) is 128 Å². The van der Waals surface area contributed by atoms with Crippen LogP contribution in [0.1, 0.15) is 162 Å². The highest BCUT2D eigenvalue weighted by Crippen LogP contribution is 2.15. The molecule has 0 rings (SSSR count). The van der Waals surface area contributed by atoms with Gasteiger partial charge in [-0.15, -0.1) is 0 Å². The Labute approximate surface area is 196 Å². The van der Waals surface area contributed by atoms with Crippen LogP contribution in [0.4, 0.5) is 0 Å². The van der Waals surface area contributed by atoms with Gasteiger partial charge < -0.3 is 4.74 Å². The van der Waals surface area contributed by atoms with Gasteiger partial charge in [0.1, 0.15) is 0 Å². The fraction of sp³-hybridized carbons (Fsp3) is 0.897. The highest BCUT2D eigenvalue weighted by atomic mass is 16.5. The molecule has 0 fully saturated rings. The van der Waals surface area contributed by atoms with Crippen LogP contribution in [0.2, 0.25) is 0 Å². The molecular formula is C29H56O2. The van der Waals surface area contributed by atoms with Crippen LogP contribution in [-0.4, -0.2) is 12.6 Å². The van der Waals surface area contributed by atoms with Crippen molar-refractivity contribution in [3.05, 3.63) is 12.2 Å². The topological polar surface area (TPSA) is 26.3 Å². The third-order valence-corrected chi connectivity index (χ3v) is 6.35. The number of rotatable bonds is 25. The first-order valence-corrected chi connectivity index (χ1v) is 14.1. The Morgan fingerprint density at radius 1 is 0.516 bits per heavy atom. The first kappa shape index (κ1) is 30.2. The number of esters is 1. The lowest BCUT2D eigenvalue weighted by atomic mass is 10.0. The molecule has 0 aromatic rings. The summed E-state index contributed by atoms with van der Waals surface area (Å²) in [5.74, 6) is -0.168. The normalized spacial score (nSPS) is 11.0. The molecule has 0 N–H and O–H groups in total. The maximum absolute atomic E-state index is 12.0. The van der Waals surface area contributed by atoms with Gasteiger partial charge in [0.05, 0.1) is 6.61 Å². The lowest BCUT2D eigenvalue weighted by Crippen LogP contribution is -2.08. The third-order valence-electron chi connectivity index (χ3n) is 6.35. The summed E-state index contributed by atoms with van der Waals surface area (Å²) in [5, 5.41) is 0. The Morgan fingerprint density at radius 2 is 0.839 bits per heavy atom. The molecule has 0 heterocycles. The molecule has 0 aromatic heterocycles. The van der Waals surface area contributed by atoms with Gasteiger partial charge in [0.15, 0.2) is 0 Å². The van der Waals surface area contributed by atoms with Crippen LogP contribution >= 0.6 is 0 Å². The summed E-state index contributed by atoms with van der Waals surface area (Å²) in [5.41, 5.74) is 0.665. The smallest absolute Gasteiger partial charge is 0.333 e. The minimum atomic E-state index is -0.168. The Hall–Kier alpha value is -0.790. The zero-order valence-electron chi connectivity index (χ0n) is 21.5. The zero-order chi connectivity index (χ0) is 22.8. The van der Waals surface area contributed by atoms with Gasteiger partial charge in [-0.3, -0.25) is 0 Å². The Morgan fingerprint density at radius 3 is 1.23 bits per heavy atom. The van der Waals surface area contributed by atoms with Crippen LogP contribution in [0.5, 0.6) is 0 Å². The maximum atomic E-state index is 12.0. The van der Waals surface area contributed by atoms with E-state index >= 15 is 0 Å². The molecule has 0 aliphatic heterocycles. The summed E-state index contributed by atoms with van der Waals surface area (Å²) in [4.78, 5) is 12.0. The number of carbonyl (C=O) groups excluding carboxylic acids is 1. The van der Waals surface area contributed by atoms with Crippen molar-refractivity contribution in [2.45, 2.75) is 162 Å². The van der Waals surface area contributed by atoms with E-state index in [0.29, 0.717) is 12.2 Å². The van der Waals surface area contributed by atoms with E-state index in [-0.39, 0.29) is 5.97 Å². The first-order chi connectivity index (χ1) is 15.2. The van der Waals surface area contributed by atoms with Crippen LogP contribution in [0.25, 0.3) is 0 Å². The van der Waals surface area contributed by atoms with E-state index in [2.05, 4.69) is 20.4 Å². The van der Waals surface area contributed by atoms with Crippen molar-refractivity contribution in [2.24, 2.45) is 0 Å². The molecule has 31 heavy (non-hydrogen) atoms. The van der Waals surface area contributed by atoms with Crippen molar-refractivity contribution in [2.75, 3.05) is 6.61 Å². The molecule has 0 amide bonds. The van der Waals surface area contributed by atoms with Crippen LogP contribution < -0.4 is 0 Å². The van der Waals surface area contributed by atoms with Gasteiger partial charge in [0, 0.05) is 5.57 Å². The van der Waals surface area contributed by atoms with Gasteiger partial charge in [0.2, 0.25) is 0 Å². The monoisotopic (exact) mass is 436 g/mol. The summed E-state index contributed by atoms with van der Waals surface area (Å²) >= 11 is 0. The summed E-state index contributed by atoms with van der Waals surface area (Å²) in [6, 6.07) is 0. The quantitative estimate of drug-likeness (QED) is 0.0808. The van der Waals surface area contributed by atoms with Crippen molar-refractivity contribution in [1.82, 2.24) is 0 Å². The van der Waals surface area contributed by atoms with E-state index in [1.54, 1.807) is 0 Å². The molecule has 0 saturated carbocycles. The van der Waals surface area contributed by atoms with E-state index in [1.807, 2.05) is 0 Å². The van der Waals surface area contributed by atoms with Gasteiger partial charge in [-0.05, 0) is 19.3 Å². The zero-order valence-corrected chi connectivity index (χ0v) is 21.5. The molecule has 0 aliphatic carbocycles. The maximum Gasteiger partial charge on any atom is 0.333 e. The predicted molar refractivity (Wildman–Crippen MR) is 138 cm³/mol. The fourth-order valence-corrected chi connectivity index (χ4v) is 4.14. The van der Waals surface area contributed by atoms with E-state index in [4.69, 9.17) is 4.74 Å². The Bertz CT molecular complexity index is 388. The lowest BCUT2D eigenvalue weighted by molar-refractivity contribution is -0.139. The average Bonchev–Trinajstić information content (AvgIpc) is 2.77. The average molecular weight is 437 g/mol. The number of hydrogen-bond donors (Lipinski definition) is 0.